The molecule has 1 heterocycles. The van der Waals surface area contributed by atoms with Crippen LogP contribution in [0.15, 0.2) is 36.4 Å². The fraction of sp³-hybridized carbons (Fsp3) is 0.500. The zero-order chi connectivity index (χ0) is 15.5. The van der Waals surface area contributed by atoms with Gasteiger partial charge in [0.2, 0.25) is 0 Å². The minimum Gasteiger partial charge on any atom is -0.459 e. The summed E-state index contributed by atoms with van der Waals surface area (Å²) in [6.07, 6.45) is 4.93. The highest BCUT2D eigenvalue weighted by Crippen LogP contribution is 2.30. The van der Waals surface area contributed by atoms with E-state index < -0.39 is 0 Å². The molecule has 0 spiro atoms. The molecule has 1 N–H and O–H groups in total. The monoisotopic (exact) mass is 287 g/mol. The number of nitrogens with one attached hydrogen (secondary N) is 1. The molecule has 1 aliphatic rings. The van der Waals surface area contributed by atoms with E-state index in [1.54, 1.807) is 6.08 Å². The van der Waals surface area contributed by atoms with E-state index in [1.165, 1.54) is 6.08 Å². The largest absolute Gasteiger partial charge is 0.459 e. The molecular weight excluding hydrogens is 262 g/mol. The summed E-state index contributed by atoms with van der Waals surface area (Å²) >= 11 is 0. The van der Waals surface area contributed by atoms with Crippen molar-refractivity contribution in [1.29, 1.82) is 0 Å². The molecule has 1 aliphatic heterocycles. The first-order chi connectivity index (χ1) is 9.76. The van der Waals surface area contributed by atoms with Gasteiger partial charge >= 0.3 is 5.97 Å². The van der Waals surface area contributed by atoms with Crippen molar-refractivity contribution < 1.29 is 9.53 Å². The molecule has 21 heavy (non-hydrogen) atoms. The third-order valence-corrected chi connectivity index (χ3v) is 3.65. The lowest BCUT2D eigenvalue weighted by molar-refractivity contribution is -0.146. The average Bonchev–Trinajstić information content (AvgIpc) is 2.33. The van der Waals surface area contributed by atoms with Gasteiger partial charge in [0.15, 0.2) is 0 Å². The molecule has 114 valence electrons. The summed E-state index contributed by atoms with van der Waals surface area (Å²) in [4.78, 5) is 12.0. The number of carbonyl (C=O) groups is 1. The molecule has 1 aromatic carbocycles. The van der Waals surface area contributed by atoms with Gasteiger partial charge in [-0.15, -0.1) is 0 Å². The Kier molecular flexibility index (Phi) is 4.52. The Morgan fingerprint density at radius 2 is 1.71 bits per heavy atom. The topological polar surface area (TPSA) is 38.3 Å². The Morgan fingerprint density at radius 3 is 2.29 bits per heavy atom. The number of carbonyl (C=O) groups excluding carboxylic acids is 1. The van der Waals surface area contributed by atoms with Gasteiger partial charge in [-0.1, -0.05) is 30.3 Å². The lowest BCUT2D eigenvalue weighted by atomic mass is 9.81. The normalized spacial score (nSPS) is 21.3. The lowest BCUT2D eigenvalue weighted by Crippen LogP contribution is -2.59. The summed E-state index contributed by atoms with van der Waals surface area (Å²) in [6.45, 7) is 8.59. The first-order valence-electron chi connectivity index (χ1n) is 7.49. The maximum absolute atomic E-state index is 12.0. The van der Waals surface area contributed by atoms with E-state index >= 15 is 0 Å². The Hall–Kier alpha value is -1.61. The smallest absolute Gasteiger partial charge is 0.331 e. The molecule has 0 saturated carbocycles. The van der Waals surface area contributed by atoms with Crippen LogP contribution in [0.2, 0.25) is 0 Å². The quantitative estimate of drug-likeness (QED) is 0.682. The fourth-order valence-electron chi connectivity index (χ4n) is 3.24. The van der Waals surface area contributed by atoms with Crippen LogP contribution in [-0.2, 0) is 9.53 Å². The molecule has 0 radical (unpaired) electrons. The first kappa shape index (κ1) is 15.8. The minimum absolute atomic E-state index is 0.0180. The zero-order valence-electron chi connectivity index (χ0n) is 13.3. The molecule has 0 aliphatic carbocycles. The van der Waals surface area contributed by atoms with Crippen LogP contribution in [0.5, 0.6) is 0 Å². The summed E-state index contributed by atoms with van der Waals surface area (Å²) in [5, 5.41) is 3.58. The van der Waals surface area contributed by atoms with E-state index in [2.05, 4.69) is 33.0 Å². The van der Waals surface area contributed by atoms with E-state index in [0.717, 1.165) is 18.4 Å². The second-order valence-electron chi connectivity index (χ2n) is 7.10. The Labute approximate surface area is 127 Å². The predicted molar refractivity (Wildman–Crippen MR) is 85.9 cm³/mol. The number of ether oxygens (including phenoxy) is 1. The van der Waals surface area contributed by atoms with Gasteiger partial charge < -0.3 is 10.1 Å². The third kappa shape index (κ3) is 5.01. The van der Waals surface area contributed by atoms with Crippen molar-refractivity contribution >= 4 is 12.0 Å². The van der Waals surface area contributed by atoms with Crippen LogP contribution in [0.1, 0.15) is 46.1 Å². The maximum atomic E-state index is 12.0. The molecule has 0 amide bonds. The molecule has 3 nitrogen and oxygen atoms in total. The number of piperidine rings is 1. The molecule has 0 bridgehead atoms. The summed E-state index contributed by atoms with van der Waals surface area (Å²) < 4.78 is 5.62. The standard InChI is InChI=1S/C18H25NO2/c1-17(2)12-15(13-18(3,4)19-17)21-16(20)11-10-14-8-6-5-7-9-14/h5-11,15,19H,12-13H2,1-4H3. The summed E-state index contributed by atoms with van der Waals surface area (Å²) in [6, 6.07) is 9.77. The van der Waals surface area contributed by atoms with E-state index in [1.807, 2.05) is 30.3 Å². The maximum Gasteiger partial charge on any atom is 0.331 e. The van der Waals surface area contributed by atoms with Gasteiger partial charge in [-0.2, -0.15) is 0 Å². The van der Waals surface area contributed by atoms with E-state index in [-0.39, 0.29) is 23.2 Å². The van der Waals surface area contributed by atoms with Crippen molar-refractivity contribution in [3.63, 3.8) is 0 Å². The van der Waals surface area contributed by atoms with Crippen LogP contribution in [0, 0.1) is 0 Å². The van der Waals surface area contributed by atoms with E-state index in [9.17, 15) is 4.79 Å². The minimum atomic E-state index is -0.266. The van der Waals surface area contributed by atoms with Crippen molar-refractivity contribution in [3.8, 4) is 0 Å². The van der Waals surface area contributed by atoms with E-state index in [0.29, 0.717) is 0 Å². The SMILES string of the molecule is CC1(C)CC(OC(=O)C=Cc2ccccc2)CC(C)(C)N1. The average molecular weight is 287 g/mol. The third-order valence-electron chi connectivity index (χ3n) is 3.65. The number of esters is 1. The van der Waals surface area contributed by atoms with Crippen molar-refractivity contribution in [3.05, 3.63) is 42.0 Å². The van der Waals surface area contributed by atoms with Crippen LogP contribution in [-0.4, -0.2) is 23.2 Å². The van der Waals surface area contributed by atoms with Crippen molar-refractivity contribution in [2.45, 2.75) is 57.7 Å². The van der Waals surface area contributed by atoms with Crippen molar-refractivity contribution in [2.75, 3.05) is 0 Å². The van der Waals surface area contributed by atoms with Gasteiger partial charge in [-0.25, -0.2) is 4.79 Å². The highest BCUT2D eigenvalue weighted by atomic mass is 16.5. The van der Waals surface area contributed by atoms with Crippen LogP contribution >= 0.6 is 0 Å². The highest BCUT2D eigenvalue weighted by Gasteiger charge is 2.39. The molecule has 0 atom stereocenters. The van der Waals surface area contributed by atoms with Crippen molar-refractivity contribution in [2.24, 2.45) is 0 Å². The van der Waals surface area contributed by atoms with Gasteiger partial charge in [0, 0.05) is 30.0 Å². The number of benzene rings is 1. The molecule has 1 aromatic rings. The van der Waals surface area contributed by atoms with Crippen molar-refractivity contribution in [1.82, 2.24) is 5.32 Å². The fourth-order valence-corrected chi connectivity index (χ4v) is 3.24. The van der Waals surface area contributed by atoms with Gasteiger partial charge in [-0.3, -0.25) is 0 Å². The number of rotatable bonds is 3. The molecule has 0 aromatic heterocycles. The van der Waals surface area contributed by atoms with Gasteiger partial charge in [0.1, 0.15) is 6.10 Å². The molecule has 3 heteroatoms. The number of hydrogen-bond acceptors (Lipinski definition) is 3. The second kappa shape index (κ2) is 6.02. The highest BCUT2D eigenvalue weighted by molar-refractivity contribution is 5.87. The zero-order valence-corrected chi connectivity index (χ0v) is 13.3. The summed E-state index contributed by atoms with van der Waals surface area (Å²) in [5.74, 6) is -0.266. The molecular formula is C18H25NO2. The Bertz CT molecular complexity index is 501. The van der Waals surface area contributed by atoms with E-state index in [4.69, 9.17) is 4.74 Å². The van der Waals surface area contributed by atoms with Gasteiger partial charge in [-0.05, 0) is 39.3 Å². The molecule has 1 fully saturated rings. The Balaban J connectivity index is 1.95. The van der Waals surface area contributed by atoms with Crippen LogP contribution in [0.25, 0.3) is 6.08 Å². The molecule has 1 saturated heterocycles. The van der Waals surface area contributed by atoms with Gasteiger partial charge in [0.05, 0.1) is 0 Å². The lowest BCUT2D eigenvalue weighted by Gasteiger charge is -2.45. The van der Waals surface area contributed by atoms with Gasteiger partial charge in [0.25, 0.3) is 0 Å². The molecule has 0 unspecified atom stereocenters. The summed E-state index contributed by atoms with van der Waals surface area (Å²) in [5.41, 5.74) is 0.964. The van der Waals surface area contributed by atoms with Crippen LogP contribution in [0.4, 0.5) is 0 Å². The summed E-state index contributed by atoms with van der Waals surface area (Å²) in [7, 11) is 0. The van der Waals surface area contributed by atoms with Crippen LogP contribution in [0.3, 0.4) is 0 Å². The predicted octanol–water partition coefficient (Wildman–Crippen LogP) is 3.55. The second-order valence-corrected chi connectivity index (χ2v) is 7.10. The Morgan fingerprint density at radius 1 is 1.14 bits per heavy atom. The van der Waals surface area contributed by atoms with Crippen LogP contribution < -0.4 is 5.32 Å². The molecule has 2 rings (SSSR count). The number of hydrogen-bond donors (Lipinski definition) is 1. The first-order valence-corrected chi connectivity index (χ1v) is 7.49.